The Morgan fingerprint density at radius 3 is 2.77 bits per heavy atom. The fraction of sp³-hybridized carbons (Fsp3) is 0.636. The highest BCUT2D eigenvalue weighted by Gasteiger charge is 2.34. The largest absolute Gasteiger partial charge is 0.316 e. The van der Waals surface area contributed by atoms with Crippen LogP contribution in [0.1, 0.15) is 75.2 Å². The predicted molar refractivity (Wildman–Crippen MR) is 123 cm³/mol. The van der Waals surface area contributed by atoms with E-state index in [4.69, 9.17) is 0 Å². The molecule has 0 fully saturated rings. The van der Waals surface area contributed by atoms with Gasteiger partial charge in [0.1, 0.15) is 16.9 Å². The highest BCUT2D eigenvalue weighted by Crippen LogP contribution is 2.45. The average molecular weight is 446 g/mol. The third-order valence-electron chi connectivity index (χ3n) is 6.36. The molecule has 1 unspecified atom stereocenters. The molecule has 0 saturated heterocycles. The molecule has 0 spiro atoms. The molecule has 0 radical (unpaired) electrons. The maximum absolute atomic E-state index is 12.6. The lowest BCUT2D eigenvalue weighted by Crippen LogP contribution is -2.28. The van der Waals surface area contributed by atoms with Crippen LogP contribution in [-0.4, -0.2) is 26.4 Å². The zero-order chi connectivity index (χ0) is 22.1. The minimum absolute atomic E-state index is 0.116. The molecular weight excluding hydrogens is 414 g/mol. The van der Waals surface area contributed by atoms with Crippen LogP contribution in [0.5, 0.6) is 0 Å². The molecule has 0 bridgehead atoms. The van der Waals surface area contributed by atoms with Gasteiger partial charge >= 0.3 is 0 Å². The second-order valence-electron chi connectivity index (χ2n) is 8.99. The van der Waals surface area contributed by atoms with E-state index >= 15 is 0 Å². The molecule has 8 heteroatoms. The maximum Gasteiger partial charge on any atom is 0.235 e. The number of carbonyl (C=O) groups is 1. The van der Waals surface area contributed by atoms with E-state index in [9.17, 15) is 10.1 Å². The van der Waals surface area contributed by atoms with E-state index in [0.29, 0.717) is 21.9 Å². The van der Waals surface area contributed by atoms with Crippen molar-refractivity contribution in [2.24, 2.45) is 18.4 Å². The Hall–Kier alpha value is -1.85. The Morgan fingerprint density at radius 1 is 1.43 bits per heavy atom. The van der Waals surface area contributed by atoms with Crippen molar-refractivity contribution < 1.29 is 4.79 Å². The van der Waals surface area contributed by atoms with Crippen molar-refractivity contribution >= 4 is 34.0 Å². The summed E-state index contributed by atoms with van der Waals surface area (Å²) in [5.41, 5.74) is 2.09. The molecule has 6 nitrogen and oxygen atoms in total. The third-order valence-corrected chi connectivity index (χ3v) is 8.55. The van der Waals surface area contributed by atoms with Gasteiger partial charge in [0.25, 0.3) is 0 Å². The zero-order valence-electron chi connectivity index (χ0n) is 18.7. The zero-order valence-corrected chi connectivity index (χ0v) is 20.3. The molecule has 1 aliphatic rings. The summed E-state index contributed by atoms with van der Waals surface area (Å²) in [4.78, 5) is 13.9. The number of rotatable bonds is 7. The highest BCUT2D eigenvalue weighted by molar-refractivity contribution is 7.99. The number of hydrogen-bond acceptors (Lipinski definition) is 6. The molecule has 0 aromatic carbocycles. The van der Waals surface area contributed by atoms with Gasteiger partial charge in [-0.3, -0.25) is 4.79 Å². The topological polar surface area (TPSA) is 83.6 Å². The fourth-order valence-electron chi connectivity index (χ4n) is 4.00. The first-order valence-corrected chi connectivity index (χ1v) is 12.3. The molecule has 3 rings (SSSR count). The van der Waals surface area contributed by atoms with Crippen molar-refractivity contribution in [1.82, 2.24) is 14.8 Å². The van der Waals surface area contributed by atoms with Gasteiger partial charge in [0.2, 0.25) is 5.91 Å². The minimum atomic E-state index is -0.116. The summed E-state index contributed by atoms with van der Waals surface area (Å²) in [6.07, 6.45) is 4.17. The van der Waals surface area contributed by atoms with Crippen LogP contribution in [0.2, 0.25) is 0 Å². The summed E-state index contributed by atoms with van der Waals surface area (Å²) in [7, 11) is 1.92. The number of nitriles is 1. The number of hydrogen-bond donors (Lipinski definition) is 1. The van der Waals surface area contributed by atoms with E-state index in [1.807, 2.05) is 11.6 Å². The molecule has 1 N–H and O–H groups in total. The van der Waals surface area contributed by atoms with Crippen molar-refractivity contribution in [2.45, 2.75) is 71.4 Å². The Kier molecular flexibility index (Phi) is 6.93. The minimum Gasteiger partial charge on any atom is -0.316 e. The van der Waals surface area contributed by atoms with Gasteiger partial charge in [-0.2, -0.15) is 5.26 Å². The summed E-state index contributed by atoms with van der Waals surface area (Å²) in [5.74, 6) is 1.92. The van der Waals surface area contributed by atoms with Gasteiger partial charge in [-0.15, -0.1) is 21.5 Å². The van der Waals surface area contributed by atoms with Gasteiger partial charge in [0, 0.05) is 17.8 Å². The second-order valence-corrected chi connectivity index (χ2v) is 11.0. The molecule has 30 heavy (non-hydrogen) atoms. The van der Waals surface area contributed by atoms with Crippen LogP contribution in [0.4, 0.5) is 5.00 Å². The summed E-state index contributed by atoms with van der Waals surface area (Å²) in [5, 5.41) is 22.5. The van der Waals surface area contributed by atoms with E-state index in [1.165, 1.54) is 16.6 Å². The van der Waals surface area contributed by atoms with Crippen molar-refractivity contribution in [1.29, 1.82) is 5.26 Å². The number of nitrogens with one attached hydrogen (secondary N) is 1. The highest BCUT2D eigenvalue weighted by atomic mass is 32.2. The SMILES string of the molecule is CCC(C)(C)C1CCc2c(sc(NC(=O)CSc3nnc(C(C)C)n3C)c2C#N)C1. The third kappa shape index (κ3) is 4.57. The summed E-state index contributed by atoms with van der Waals surface area (Å²) < 4.78 is 1.93. The van der Waals surface area contributed by atoms with E-state index < -0.39 is 0 Å². The standard InChI is InChI=1S/C22H31N5OS2/c1-7-22(4,5)14-8-9-15-16(11-23)20(30-17(15)10-14)24-18(28)12-29-21-26-25-19(13(2)3)27(21)6/h13-14H,7-10,12H2,1-6H3,(H,24,28). The summed E-state index contributed by atoms with van der Waals surface area (Å²) in [6, 6.07) is 2.34. The van der Waals surface area contributed by atoms with Crippen LogP contribution in [0.3, 0.4) is 0 Å². The first-order valence-electron chi connectivity index (χ1n) is 10.5. The molecule has 1 aliphatic carbocycles. The van der Waals surface area contributed by atoms with Crippen molar-refractivity contribution in [3.63, 3.8) is 0 Å². The van der Waals surface area contributed by atoms with Crippen molar-refractivity contribution in [2.75, 3.05) is 11.1 Å². The van der Waals surface area contributed by atoms with E-state index in [0.717, 1.165) is 42.2 Å². The van der Waals surface area contributed by atoms with Gasteiger partial charge in [0.05, 0.1) is 11.3 Å². The van der Waals surface area contributed by atoms with Crippen LogP contribution in [0, 0.1) is 22.7 Å². The fourth-order valence-corrected chi connectivity index (χ4v) is 6.01. The lowest BCUT2D eigenvalue weighted by atomic mass is 9.69. The lowest BCUT2D eigenvalue weighted by Gasteiger charge is -2.36. The molecular formula is C22H31N5OS2. The van der Waals surface area contributed by atoms with Crippen LogP contribution < -0.4 is 5.32 Å². The van der Waals surface area contributed by atoms with Crippen molar-refractivity contribution in [3.8, 4) is 6.07 Å². The normalized spacial score (nSPS) is 16.4. The first-order chi connectivity index (χ1) is 14.2. The summed E-state index contributed by atoms with van der Waals surface area (Å²) >= 11 is 2.95. The number of aromatic nitrogens is 3. The number of anilines is 1. The van der Waals surface area contributed by atoms with Gasteiger partial charge in [-0.25, -0.2) is 0 Å². The van der Waals surface area contributed by atoms with Gasteiger partial charge in [-0.05, 0) is 36.2 Å². The van der Waals surface area contributed by atoms with E-state index in [2.05, 4.69) is 56.2 Å². The average Bonchev–Trinajstić information content (AvgIpc) is 3.25. The number of carbonyl (C=O) groups excluding carboxylic acids is 1. The van der Waals surface area contributed by atoms with Crippen LogP contribution in [0.25, 0.3) is 0 Å². The number of amides is 1. The molecule has 1 atom stereocenters. The first kappa shape index (κ1) is 22.8. The van der Waals surface area contributed by atoms with Gasteiger partial charge in [-0.1, -0.05) is 52.8 Å². The van der Waals surface area contributed by atoms with E-state index in [1.54, 1.807) is 11.3 Å². The number of thioether (sulfide) groups is 1. The van der Waals surface area contributed by atoms with Gasteiger partial charge < -0.3 is 9.88 Å². The Bertz CT molecular complexity index is 967. The Labute approximate surface area is 187 Å². The monoisotopic (exact) mass is 445 g/mol. The molecule has 1 amide bonds. The predicted octanol–water partition coefficient (Wildman–Crippen LogP) is 5.14. The molecule has 0 saturated carbocycles. The number of fused-ring (bicyclic) bond motifs is 1. The Balaban J connectivity index is 1.69. The number of thiophene rings is 1. The number of nitrogens with zero attached hydrogens (tertiary/aromatic N) is 4. The molecule has 0 aliphatic heterocycles. The van der Waals surface area contributed by atoms with E-state index in [-0.39, 0.29) is 17.6 Å². The van der Waals surface area contributed by atoms with Crippen molar-refractivity contribution in [3.05, 3.63) is 21.8 Å². The molecule has 2 aromatic rings. The molecule has 2 aromatic heterocycles. The van der Waals surface area contributed by atoms with Gasteiger partial charge in [0.15, 0.2) is 5.16 Å². The molecule has 162 valence electrons. The van der Waals surface area contributed by atoms with Crippen LogP contribution in [-0.2, 0) is 24.7 Å². The van der Waals surface area contributed by atoms with Crippen LogP contribution >= 0.6 is 23.1 Å². The lowest BCUT2D eigenvalue weighted by molar-refractivity contribution is -0.113. The van der Waals surface area contributed by atoms with Crippen LogP contribution in [0.15, 0.2) is 5.16 Å². The quantitative estimate of drug-likeness (QED) is 0.596. The maximum atomic E-state index is 12.6. The summed E-state index contributed by atoms with van der Waals surface area (Å²) in [6.45, 7) is 11.0. The smallest absolute Gasteiger partial charge is 0.235 e. The second kappa shape index (κ2) is 9.11. The Morgan fingerprint density at radius 2 is 2.17 bits per heavy atom. The molecule has 2 heterocycles.